The van der Waals surface area contributed by atoms with Crippen LogP contribution in [0.1, 0.15) is 31.4 Å². The SMILES string of the molecule is CC(C)C[C@H](N)C(=O)N(C)Cc1ccccc1C(F)(F)F. The molecule has 0 saturated heterocycles. The second-order valence-electron chi connectivity index (χ2n) is 5.59. The summed E-state index contributed by atoms with van der Waals surface area (Å²) in [6, 6.07) is 4.56. The van der Waals surface area contributed by atoms with Gasteiger partial charge in [0.25, 0.3) is 0 Å². The van der Waals surface area contributed by atoms with E-state index in [9.17, 15) is 18.0 Å². The number of carbonyl (C=O) groups is 1. The Labute approximate surface area is 122 Å². The number of halogens is 3. The molecule has 1 rings (SSSR count). The molecule has 0 heterocycles. The molecule has 1 aromatic carbocycles. The van der Waals surface area contributed by atoms with Gasteiger partial charge in [0, 0.05) is 13.6 Å². The molecular formula is C15H21F3N2O. The Kier molecular flexibility index (Phi) is 5.78. The van der Waals surface area contributed by atoms with Crippen LogP contribution in [0.5, 0.6) is 0 Å². The number of hydrogen-bond donors (Lipinski definition) is 1. The predicted octanol–water partition coefficient (Wildman–Crippen LogP) is 3.04. The molecule has 0 unspecified atom stereocenters. The molecule has 1 atom stereocenters. The van der Waals surface area contributed by atoms with E-state index in [-0.39, 0.29) is 23.9 Å². The van der Waals surface area contributed by atoms with Gasteiger partial charge in [-0.25, -0.2) is 0 Å². The van der Waals surface area contributed by atoms with Crippen molar-refractivity contribution in [2.24, 2.45) is 11.7 Å². The molecule has 0 aromatic heterocycles. The molecule has 1 amide bonds. The van der Waals surface area contributed by atoms with E-state index in [2.05, 4.69) is 0 Å². The summed E-state index contributed by atoms with van der Waals surface area (Å²) in [5.74, 6) is -0.0968. The van der Waals surface area contributed by atoms with Crippen LogP contribution in [0.2, 0.25) is 0 Å². The van der Waals surface area contributed by atoms with E-state index in [4.69, 9.17) is 5.73 Å². The van der Waals surface area contributed by atoms with Crippen LogP contribution in [-0.4, -0.2) is 23.9 Å². The minimum Gasteiger partial charge on any atom is -0.340 e. The highest BCUT2D eigenvalue weighted by molar-refractivity contribution is 5.81. The zero-order chi connectivity index (χ0) is 16.2. The summed E-state index contributed by atoms with van der Waals surface area (Å²) in [4.78, 5) is 13.3. The highest BCUT2D eigenvalue weighted by Crippen LogP contribution is 2.32. The predicted molar refractivity (Wildman–Crippen MR) is 75.3 cm³/mol. The molecular weight excluding hydrogens is 281 g/mol. The lowest BCUT2D eigenvalue weighted by atomic mass is 10.0. The molecule has 6 heteroatoms. The van der Waals surface area contributed by atoms with Crippen molar-refractivity contribution in [3.05, 3.63) is 35.4 Å². The van der Waals surface area contributed by atoms with Crippen LogP contribution in [0.3, 0.4) is 0 Å². The van der Waals surface area contributed by atoms with Gasteiger partial charge in [0.05, 0.1) is 11.6 Å². The third-order valence-corrected chi connectivity index (χ3v) is 3.15. The van der Waals surface area contributed by atoms with Crippen LogP contribution in [0.15, 0.2) is 24.3 Å². The summed E-state index contributed by atoms with van der Waals surface area (Å²) in [5, 5.41) is 0. The zero-order valence-electron chi connectivity index (χ0n) is 12.4. The summed E-state index contributed by atoms with van der Waals surface area (Å²) >= 11 is 0. The molecule has 0 fully saturated rings. The van der Waals surface area contributed by atoms with Gasteiger partial charge in [-0.3, -0.25) is 4.79 Å². The van der Waals surface area contributed by atoms with E-state index in [1.54, 1.807) is 0 Å². The Balaban J connectivity index is 2.84. The molecule has 0 radical (unpaired) electrons. The number of nitrogens with two attached hydrogens (primary N) is 1. The molecule has 3 nitrogen and oxygen atoms in total. The Morgan fingerprint density at radius 1 is 1.29 bits per heavy atom. The van der Waals surface area contributed by atoms with Crippen molar-refractivity contribution < 1.29 is 18.0 Å². The van der Waals surface area contributed by atoms with Crippen LogP contribution in [0.4, 0.5) is 13.2 Å². The molecule has 21 heavy (non-hydrogen) atoms. The summed E-state index contributed by atoms with van der Waals surface area (Å²) in [6.45, 7) is 3.76. The number of hydrogen-bond acceptors (Lipinski definition) is 2. The number of rotatable bonds is 5. The summed E-state index contributed by atoms with van der Waals surface area (Å²) in [7, 11) is 1.47. The lowest BCUT2D eigenvalue weighted by Gasteiger charge is -2.24. The molecule has 1 aromatic rings. The van der Waals surface area contributed by atoms with Gasteiger partial charge in [-0.1, -0.05) is 32.0 Å². The quantitative estimate of drug-likeness (QED) is 0.908. The highest BCUT2D eigenvalue weighted by Gasteiger charge is 2.33. The van der Waals surface area contributed by atoms with Crippen molar-refractivity contribution in [1.29, 1.82) is 0 Å². The van der Waals surface area contributed by atoms with Gasteiger partial charge >= 0.3 is 6.18 Å². The summed E-state index contributed by atoms with van der Waals surface area (Å²) in [5.41, 5.74) is 5.13. The molecule has 0 aliphatic carbocycles. The van der Waals surface area contributed by atoms with Gasteiger partial charge in [-0.05, 0) is 24.0 Å². The maximum Gasteiger partial charge on any atom is 0.416 e. The van der Waals surface area contributed by atoms with Crippen molar-refractivity contribution >= 4 is 5.91 Å². The molecule has 0 bridgehead atoms. The minimum absolute atomic E-state index is 0.0672. The first-order chi connectivity index (χ1) is 9.62. The largest absolute Gasteiger partial charge is 0.416 e. The first-order valence-corrected chi connectivity index (χ1v) is 6.78. The zero-order valence-corrected chi connectivity index (χ0v) is 12.4. The van der Waals surface area contributed by atoms with E-state index in [0.717, 1.165) is 6.07 Å². The monoisotopic (exact) mass is 302 g/mol. The van der Waals surface area contributed by atoms with Crippen molar-refractivity contribution in [2.45, 2.75) is 39.0 Å². The Morgan fingerprint density at radius 3 is 2.38 bits per heavy atom. The summed E-state index contributed by atoms with van der Waals surface area (Å²) in [6.07, 6.45) is -3.93. The smallest absolute Gasteiger partial charge is 0.340 e. The number of alkyl halides is 3. The van der Waals surface area contributed by atoms with Crippen molar-refractivity contribution in [3.8, 4) is 0 Å². The van der Waals surface area contributed by atoms with E-state index in [0.29, 0.717) is 6.42 Å². The van der Waals surface area contributed by atoms with Crippen LogP contribution < -0.4 is 5.73 Å². The van der Waals surface area contributed by atoms with E-state index < -0.39 is 17.8 Å². The maximum absolute atomic E-state index is 12.9. The Bertz CT molecular complexity index is 486. The normalized spacial score (nSPS) is 13.3. The number of nitrogens with zero attached hydrogens (tertiary/aromatic N) is 1. The fourth-order valence-electron chi connectivity index (χ4n) is 2.16. The van der Waals surface area contributed by atoms with Gasteiger partial charge in [0.15, 0.2) is 0 Å². The van der Waals surface area contributed by atoms with E-state index in [1.165, 1.54) is 30.1 Å². The number of amides is 1. The van der Waals surface area contributed by atoms with Crippen molar-refractivity contribution in [2.75, 3.05) is 7.05 Å². The molecule has 0 aliphatic heterocycles. The Hall–Kier alpha value is -1.56. The average molecular weight is 302 g/mol. The number of benzene rings is 1. The third-order valence-electron chi connectivity index (χ3n) is 3.15. The third kappa shape index (κ3) is 5.04. The average Bonchev–Trinajstić information content (AvgIpc) is 2.36. The van der Waals surface area contributed by atoms with Crippen molar-refractivity contribution in [3.63, 3.8) is 0 Å². The number of likely N-dealkylation sites (N-methyl/N-ethyl adjacent to an activating group) is 1. The van der Waals surface area contributed by atoms with Crippen LogP contribution >= 0.6 is 0 Å². The minimum atomic E-state index is -4.43. The van der Waals surface area contributed by atoms with Gasteiger partial charge in [-0.2, -0.15) is 13.2 Å². The van der Waals surface area contributed by atoms with Crippen LogP contribution in [0.25, 0.3) is 0 Å². The molecule has 0 aliphatic rings. The summed E-state index contributed by atoms with van der Waals surface area (Å²) < 4.78 is 38.7. The van der Waals surface area contributed by atoms with Gasteiger partial charge in [0.2, 0.25) is 5.91 Å². The second-order valence-corrected chi connectivity index (χ2v) is 5.59. The first-order valence-electron chi connectivity index (χ1n) is 6.78. The van der Waals surface area contributed by atoms with Gasteiger partial charge in [-0.15, -0.1) is 0 Å². The molecule has 2 N–H and O–H groups in total. The van der Waals surface area contributed by atoms with Gasteiger partial charge in [0.1, 0.15) is 0 Å². The fourth-order valence-corrected chi connectivity index (χ4v) is 2.16. The van der Waals surface area contributed by atoms with E-state index >= 15 is 0 Å². The maximum atomic E-state index is 12.9. The molecule has 0 saturated carbocycles. The topological polar surface area (TPSA) is 46.3 Å². The van der Waals surface area contributed by atoms with E-state index in [1.807, 2.05) is 13.8 Å². The van der Waals surface area contributed by atoms with Crippen LogP contribution in [0, 0.1) is 5.92 Å². The number of carbonyl (C=O) groups excluding carboxylic acids is 1. The standard InChI is InChI=1S/C15H21F3N2O/c1-10(2)8-13(19)14(21)20(3)9-11-6-4-5-7-12(11)15(16,17)18/h4-7,10,13H,8-9,19H2,1-3H3/t13-/m0/s1. The van der Waals surface area contributed by atoms with Gasteiger partial charge < -0.3 is 10.6 Å². The van der Waals surface area contributed by atoms with Crippen molar-refractivity contribution in [1.82, 2.24) is 4.90 Å². The van der Waals surface area contributed by atoms with Crippen LogP contribution in [-0.2, 0) is 17.5 Å². The first kappa shape index (κ1) is 17.5. The fraction of sp³-hybridized carbons (Fsp3) is 0.533. The lowest BCUT2D eigenvalue weighted by molar-refractivity contribution is -0.139. The lowest BCUT2D eigenvalue weighted by Crippen LogP contribution is -2.42. The molecule has 0 spiro atoms. The highest BCUT2D eigenvalue weighted by atomic mass is 19.4. The molecule has 118 valence electrons. The second kappa shape index (κ2) is 6.93. The Morgan fingerprint density at radius 2 is 1.86 bits per heavy atom.